The van der Waals surface area contributed by atoms with Crippen molar-refractivity contribution in [1.82, 2.24) is 9.78 Å². The SMILES string of the molecule is Cc1nn(C)c(C)c1NC(=O)[C@@H](C)OC(=O)c1cc2cc([N+](=O)[O-])ccc2s1. The highest BCUT2D eigenvalue weighted by Gasteiger charge is 2.23. The molecule has 0 saturated heterocycles. The van der Waals surface area contributed by atoms with Crippen LogP contribution in [0.25, 0.3) is 10.1 Å². The largest absolute Gasteiger partial charge is 0.448 e. The number of nitrogens with one attached hydrogen (secondary N) is 1. The van der Waals surface area contributed by atoms with E-state index >= 15 is 0 Å². The van der Waals surface area contributed by atoms with Crippen LogP contribution >= 0.6 is 11.3 Å². The summed E-state index contributed by atoms with van der Waals surface area (Å²) in [6.45, 7) is 5.07. The summed E-state index contributed by atoms with van der Waals surface area (Å²) in [4.78, 5) is 35.4. The van der Waals surface area contributed by atoms with Crippen LogP contribution < -0.4 is 5.32 Å². The number of esters is 1. The monoisotopic (exact) mass is 402 g/mol. The minimum Gasteiger partial charge on any atom is -0.448 e. The van der Waals surface area contributed by atoms with Gasteiger partial charge in [-0.15, -0.1) is 11.3 Å². The lowest BCUT2D eigenvalue weighted by Crippen LogP contribution is -2.30. The number of nitrogens with zero attached hydrogens (tertiary/aromatic N) is 3. The standard InChI is InChI=1S/C18H18N4O5S/c1-9-16(10(2)21(4)20-9)19-17(23)11(3)27-18(24)15-8-12-7-13(22(25)26)5-6-14(12)28-15/h5-8,11H,1-4H3,(H,19,23)/t11-/m1/s1. The Hall–Kier alpha value is -3.27. The molecular formula is C18H18N4O5S. The maximum absolute atomic E-state index is 12.4. The van der Waals surface area contributed by atoms with E-state index in [0.29, 0.717) is 16.8 Å². The molecule has 28 heavy (non-hydrogen) atoms. The molecule has 0 aliphatic carbocycles. The van der Waals surface area contributed by atoms with Crippen molar-refractivity contribution in [2.24, 2.45) is 7.05 Å². The minimum absolute atomic E-state index is 0.0554. The van der Waals surface area contributed by atoms with Crippen LogP contribution in [0.15, 0.2) is 24.3 Å². The van der Waals surface area contributed by atoms with Gasteiger partial charge < -0.3 is 10.1 Å². The molecule has 0 unspecified atom stereocenters. The molecule has 1 aromatic carbocycles. The van der Waals surface area contributed by atoms with E-state index in [1.807, 2.05) is 6.92 Å². The number of rotatable bonds is 5. The summed E-state index contributed by atoms with van der Waals surface area (Å²) in [5.41, 5.74) is 1.98. The van der Waals surface area contributed by atoms with Gasteiger partial charge in [0.05, 0.1) is 22.0 Å². The molecule has 9 nitrogen and oxygen atoms in total. The number of hydrogen-bond acceptors (Lipinski definition) is 7. The van der Waals surface area contributed by atoms with Crippen LogP contribution in [0.5, 0.6) is 0 Å². The highest BCUT2D eigenvalue weighted by molar-refractivity contribution is 7.20. The second kappa shape index (κ2) is 7.39. The van der Waals surface area contributed by atoms with Crippen LogP contribution in [0, 0.1) is 24.0 Å². The molecule has 10 heteroatoms. The van der Waals surface area contributed by atoms with Crippen molar-refractivity contribution < 1.29 is 19.2 Å². The lowest BCUT2D eigenvalue weighted by molar-refractivity contribution is -0.384. The number of aryl methyl sites for hydroxylation is 2. The van der Waals surface area contributed by atoms with Crippen LogP contribution in [0.1, 0.15) is 28.0 Å². The highest BCUT2D eigenvalue weighted by atomic mass is 32.1. The van der Waals surface area contributed by atoms with Crippen molar-refractivity contribution in [2.45, 2.75) is 26.9 Å². The first-order valence-electron chi connectivity index (χ1n) is 8.37. The van der Waals surface area contributed by atoms with Gasteiger partial charge in [0.2, 0.25) is 0 Å². The number of carbonyl (C=O) groups is 2. The van der Waals surface area contributed by atoms with E-state index < -0.39 is 22.9 Å². The van der Waals surface area contributed by atoms with Gasteiger partial charge >= 0.3 is 5.97 Å². The smallest absolute Gasteiger partial charge is 0.349 e. The number of hydrogen-bond donors (Lipinski definition) is 1. The summed E-state index contributed by atoms with van der Waals surface area (Å²) in [7, 11) is 1.77. The van der Waals surface area contributed by atoms with E-state index in [1.165, 1.54) is 25.1 Å². The number of thiophene rings is 1. The number of anilines is 1. The number of carbonyl (C=O) groups excluding carboxylic acids is 2. The topological polar surface area (TPSA) is 116 Å². The molecule has 0 spiro atoms. The van der Waals surface area contributed by atoms with Gasteiger partial charge in [0, 0.05) is 29.3 Å². The zero-order valence-corrected chi connectivity index (χ0v) is 16.5. The molecule has 2 aromatic heterocycles. The van der Waals surface area contributed by atoms with Gasteiger partial charge in [-0.1, -0.05) is 0 Å². The molecule has 0 fully saturated rings. The number of nitro groups is 1. The van der Waals surface area contributed by atoms with Gasteiger partial charge in [-0.25, -0.2) is 4.79 Å². The summed E-state index contributed by atoms with van der Waals surface area (Å²) in [6, 6.07) is 5.88. The van der Waals surface area contributed by atoms with Crippen molar-refractivity contribution in [3.8, 4) is 0 Å². The Morgan fingerprint density at radius 1 is 1.32 bits per heavy atom. The number of non-ortho nitro benzene ring substituents is 1. The van der Waals surface area contributed by atoms with E-state index in [4.69, 9.17) is 4.74 Å². The normalized spacial score (nSPS) is 12.0. The van der Waals surface area contributed by atoms with Crippen LogP contribution in [0.3, 0.4) is 0 Å². The van der Waals surface area contributed by atoms with Gasteiger partial charge in [-0.2, -0.15) is 5.10 Å². The fourth-order valence-corrected chi connectivity index (χ4v) is 3.62. The molecule has 0 bridgehead atoms. The average Bonchev–Trinajstić information content (AvgIpc) is 3.17. The van der Waals surface area contributed by atoms with E-state index in [2.05, 4.69) is 10.4 Å². The Morgan fingerprint density at radius 2 is 2.04 bits per heavy atom. The number of aromatic nitrogens is 2. The van der Waals surface area contributed by atoms with Crippen molar-refractivity contribution >= 4 is 44.7 Å². The third-order valence-corrected chi connectivity index (χ3v) is 5.42. The van der Waals surface area contributed by atoms with E-state index in [-0.39, 0.29) is 10.6 Å². The Kier molecular flexibility index (Phi) is 5.14. The Bertz CT molecular complexity index is 1100. The lowest BCUT2D eigenvalue weighted by atomic mass is 10.2. The molecule has 146 valence electrons. The Balaban J connectivity index is 1.72. The maximum Gasteiger partial charge on any atom is 0.349 e. The molecule has 0 radical (unpaired) electrons. The van der Waals surface area contributed by atoms with Crippen molar-refractivity contribution in [1.29, 1.82) is 0 Å². The number of ether oxygens (including phenoxy) is 1. The molecular weight excluding hydrogens is 384 g/mol. The van der Waals surface area contributed by atoms with Crippen molar-refractivity contribution in [3.63, 3.8) is 0 Å². The number of benzene rings is 1. The number of amides is 1. The second-order valence-electron chi connectivity index (χ2n) is 6.30. The van der Waals surface area contributed by atoms with Gasteiger partial charge in [0.15, 0.2) is 6.10 Å². The summed E-state index contributed by atoms with van der Waals surface area (Å²) in [5.74, 6) is -1.13. The molecule has 0 saturated carbocycles. The van der Waals surface area contributed by atoms with Crippen LogP contribution in [-0.2, 0) is 16.6 Å². The highest BCUT2D eigenvalue weighted by Crippen LogP contribution is 2.29. The van der Waals surface area contributed by atoms with Gasteiger partial charge in [-0.05, 0) is 32.9 Å². The zero-order valence-electron chi connectivity index (χ0n) is 15.7. The average molecular weight is 402 g/mol. The van der Waals surface area contributed by atoms with Crippen LogP contribution in [0.2, 0.25) is 0 Å². The molecule has 1 N–H and O–H groups in total. The summed E-state index contributed by atoms with van der Waals surface area (Å²) < 4.78 is 7.63. The Labute approximate surface area is 164 Å². The molecule has 3 rings (SSSR count). The zero-order chi connectivity index (χ0) is 20.6. The van der Waals surface area contributed by atoms with Gasteiger partial charge in [0.1, 0.15) is 4.88 Å². The fraction of sp³-hybridized carbons (Fsp3) is 0.278. The predicted octanol–water partition coefficient (Wildman–Crippen LogP) is 3.34. The van der Waals surface area contributed by atoms with Crippen LogP contribution in [0.4, 0.5) is 11.4 Å². The second-order valence-corrected chi connectivity index (χ2v) is 7.38. The fourth-order valence-electron chi connectivity index (χ4n) is 2.70. The first kappa shape index (κ1) is 19.5. The van der Waals surface area contributed by atoms with Crippen LogP contribution in [-0.4, -0.2) is 32.7 Å². The molecule has 1 amide bonds. The first-order valence-corrected chi connectivity index (χ1v) is 9.19. The lowest BCUT2D eigenvalue weighted by Gasteiger charge is -2.13. The van der Waals surface area contributed by atoms with Gasteiger partial charge in [-0.3, -0.25) is 19.6 Å². The first-order chi connectivity index (χ1) is 13.2. The molecule has 1 atom stereocenters. The predicted molar refractivity (Wildman–Crippen MR) is 105 cm³/mol. The molecule has 0 aliphatic heterocycles. The summed E-state index contributed by atoms with van der Waals surface area (Å²) in [5, 5.41) is 18.4. The third kappa shape index (κ3) is 3.72. The van der Waals surface area contributed by atoms with Crippen molar-refractivity contribution in [2.75, 3.05) is 5.32 Å². The van der Waals surface area contributed by atoms with E-state index in [9.17, 15) is 19.7 Å². The summed E-state index contributed by atoms with van der Waals surface area (Å²) >= 11 is 1.15. The minimum atomic E-state index is -1.02. The van der Waals surface area contributed by atoms with E-state index in [0.717, 1.165) is 21.7 Å². The van der Waals surface area contributed by atoms with Crippen molar-refractivity contribution in [3.05, 3.63) is 50.6 Å². The van der Waals surface area contributed by atoms with Gasteiger partial charge in [0.25, 0.3) is 11.6 Å². The quantitative estimate of drug-likeness (QED) is 0.397. The third-order valence-electron chi connectivity index (χ3n) is 4.32. The molecule has 3 aromatic rings. The number of fused-ring (bicyclic) bond motifs is 1. The molecule has 0 aliphatic rings. The Morgan fingerprint density at radius 3 is 2.64 bits per heavy atom. The number of nitro benzene ring substituents is 1. The maximum atomic E-state index is 12.4. The molecule has 2 heterocycles. The summed E-state index contributed by atoms with van der Waals surface area (Å²) in [6.07, 6.45) is -1.02. The van der Waals surface area contributed by atoms with E-state index in [1.54, 1.807) is 24.7 Å².